The molecule has 0 aliphatic rings. The molecule has 0 unspecified atom stereocenters. The molecule has 1 aromatic carbocycles. The molecule has 0 amide bonds. The number of aryl methyl sites for hydroxylation is 1. The van der Waals surface area contributed by atoms with E-state index in [4.69, 9.17) is 11.6 Å². The van der Waals surface area contributed by atoms with E-state index >= 15 is 0 Å². The Kier molecular flexibility index (Phi) is 2.34. The number of fused-ring (bicyclic) bond motifs is 1. The first kappa shape index (κ1) is 10.3. The van der Waals surface area contributed by atoms with E-state index in [-0.39, 0.29) is 0 Å². The quantitative estimate of drug-likeness (QED) is 0.656. The Labute approximate surface area is 104 Å². The zero-order valence-corrected chi connectivity index (χ0v) is 10.0. The van der Waals surface area contributed by atoms with Gasteiger partial charge in [-0.2, -0.15) is 0 Å². The topological polar surface area (TPSA) is 30.2 Å². The molecule has 3 rings (SSSR count). The fraction of sp³-hybridized carbons (Fsp3) is 0.0769. The molecular formula is C13H10ClN3. The highest BCUT2D eigenvalue weighted by atomic mass is 35.5. The van der Waals surface area contributed by atoms with Gasteiger partial charge in [0.2, 0.25) is 0 Å². The first-order chi connectivity index (χ1) is 8.24. The van der Waals surface area contributed by atoms with Crippen molar-refractivity contribution in [2.24, 2.45) is 0 Å². The Morgan fingerprint density at radius 1 is 1.18 bits per heavy atom. The van der Waals surface area contributed by atoms with E-state index in [2.05, 4.69) is 10.1 Å². The van der Waals surface area contributed by atoms with Crippen LogP contribution in [0.5, 0.6) is 0 Å². The van der Waals surface area contributed by atoms with Crippen molar-refractivity contribution in [3.05, 3.63) is 53.2 Å². The maximum atomic E-state index is 6.13. The lowest BCUT2D eigenvalue weighted by molar-refractivity contribution is 0.962. The van der Waals surface area contributed by atoms with Crippen molar-refractivity contribution in [3.63, 3.8) is 0 Å². The Balaban J connectivity index is 2.22. The Bertz CT molecular complexity index is 688. The highest BCUT2D eigenvalue weighted by molar-refractivity contribution is 6.33. The minimum absolute atomic E-state index is 0.654. The predicted octanol–water partition coefficient (Wildman–Crippen LogP) is 3.36. The predicted molar refractivity (Wildman–Crippen MR) is 68.2 cm³/mol. The molecule has 0 aliphatic heterocycles. The molecule has 0 atom stereocenters. The van der Waals surface area contributed by atoms with Crippen molar-refractivity contribution in [3.8, 4) is 11.4 Å². The molecule has 0 fully saturated rings. The molecule has 3 nitrogen and oxygen atoms in total. The van der Waals surface area contributed by atoms with Crippen molar-refractivity contribution in [2.75, 3.05) is 0 Å². The Morgan fingerprint density at radius 3 is 2.82 bits per heavy atom. The normalized spacial score (nSPS) is 10.9. The molecule has 0 saturated heterocycles. The van der Waals surface area contributed by atoms with Crippen LogP contribution < -0.4 is 0 Å². The zero-order chi connectivity index (χ0) is 11.8. The molecule has 0 radical (unpaired) electrons. The monoisotopic (exact) mass is 243 g/mol. The van der Waals surface area contributed by atoms with E-state index in [0.717, 1.165) is 16.8 Å². The van der Waals surface area contributed by atoms with Gasteiger partial charge in [0.1, 0.15) is 0 Å². The SMILES string of the molecule is Cc1ccn2nc(-c3ccccc3Cl)nc2c1. The number of pyridine rings is 1. The molecule has 0 N–H and O–H groups in total. The third-order valence-corrected chi connectivity index (χ3v) is 2.94. The summed E-state index contributed by atoms with van der Waals surface area (Å²) in [5.41, 5.74) is 2.85. The standard InChI is InChI=1S/C13H10ClN3/c1-9-6-7-17-12(8-9)15-13(16-17)10-4-2-3-5-11(10)14/h2-8H,1H3. The van der Waals surface area contributed by atoms with E-state index in [9.17, 15) is 0 Å². The number of rotatable bonds is 1. The Hall–Kier alpha value is -1.87. The lowest BCUT2D eigenvalue weighted by Gasteiger charge is -1.96. The van der Waals surface area contributed by atoms with E-state index < -0.39 is 0 Å². The zero-order valence-electron chi connectivity index (χ0n) is 9.26. The van der Waals surface area contributed by atoms with Crippen LogP contribution in [0, 0.1) is 6.92 Å². The average molecular weight is 244 g/mol. The maximum absolute atomic E-state index is 6.13. The summed E-state index contributed by atoms with van der Waals surface area (Å²) in [6, 6.07) is 11.6. The summed E-state index contributed by atoms with van der Waals surface area (Å²) in [4.78, 5) is 4.47. The molecule has 0 spiro atoms. The Morgan fingerprint density at radius 2 is 2.00 bits per heavy atom. The fourth-order valence-corrected chi connectivity index (χ4v) is 1.96. The van der Waals surface area contributed by atoms with Crippen LogP contribution in [0.25, 0.3) is 17.0 Å². The molecule has 17 heavy (non-hydrogen) atoms. The molecule has 4 heteroatoms. The second-order valence-electron chi connectivity index (χ2n) is 3.92. The van der Waals surface area contributed by atoms with Crippen molar-refractivity contribution in [1.82, 2.24) is 14.6 Å². The van der Waals surface area contributed by atoms with Gasteiger partial charge in [0.15, 0.2) is 11.5 Å². The van der Waals surface area contributed by atoms with Crippen LogP contribution in [0.1, 0.15) is 5.56 Å². The summed E-state index contributed by atoms with van der Waals surface area (Å²) in [5.74, 6) is 0.654. The van der Waals surface area contributed by atoms with Gasteiger partial charge in [-0.3, -0.25) is 0 Å². The van der Waals surface area contributed by atoms with Crippen molar-refractivity contribution >= 4 is 17.2 Å². The van der Waals surface area contributed by atoms with E-state index in [1.54, 1.807) is 4.52 Å². The van der Waals surface area contributed by atoms with Gasteiger partial charge in [-0.05, 0) is 36.8 Å². The average Bonchev–Trinajstić information content (AvgIpc) is 2.72. The van der Waals surface area contributed by atoms with Crippen LogP contribution >= 0.6 is 11.6 Å². The summed E-state index contributed by atoms with van der Waals surface area (Å²) in [6.45, 7) is 2.03. The van der Waals surface area contributed by atoms with Gasteiger partial charge >= 0.3 is 0 Å². The minimum Gasteiger partial charge on any atom is -0.221 e. The van der Waals surface area contributed by atoms with Gasteiger partial charge in [0, 0.05) is 11.8 Å². The van der Waals surface area contributed by atoms with Crippen LogP contribution in [0.15, 0.2) is 42.6 Å². The van der Waals surface area contributed by atoms with E-state index in [1.807, 2.05) is 49.5 Å². The molecule has 0 saturated carbocycles. The van der Waals surface area contributed by atoms with Crippen LogP contribution in [0.4, 0.5) is 0 Å². The lowest BCUT2D eigenvalue weighted by Crippen LogP contribution is -1.87. The third kappa shape index (κ3) is 1.78. The van der Waals surface area contributed by atoms with E-state index in [0.29, 0.717) is 10.8 Å². The van der Waals surface area contributed by atoms with Crippen LogP contribution in [0.3, 0.4) is 0 Å². The number of hydrogen-bond donors (Lipinski definition) is 0. The number of aromatic nitrogens is 3. The fourth-order valence-electron chi connectivity index (χ4n) is 1.74. The van der Waals surface area contributed by atoms with Gasteiger partial charge in [-0.15, -0.1) is 5.10 Å². The molecule has 0 aliphatic carbocycles. The second-order valence-corrected chi connectivity index (χ2v) is 4.33. The first-order valence-electron chi connectivity index (χ1n) is 5.32. The number of benzene rings is 1. The van der Waals surface area contributed by atoms with Gasteiger partial charge in [-0.1, -0.05) is 23.7 Å². The highest BCUT2D eigenvalue weighted by Crippen LogP contribution is 2.25. The van der Waals surface area contributed by atoms with Crippen LogP contribution in [-0.2, 0) is 0 Å². The highest BCUT2D eigenvalue weighted by Gasteiger charge is 2.09. The lowest BCUT2D eigenvalue weighted by atomic mass is 10.2. The summed E-state index contributed by atoms with van der Waals surface area (Å²) in [6.07, 6.45) is 1.90. The minimum atomic E-state index is 0.654. The summed E-state index contributed by atoms with van der Waals surface area (Å²) >= 11 is 6.13. The smallest absolute Gasteiger partial charge is 0.183 e. The molecule has 2 heterocycles. The second kappa shape index (κ2) is 3.86. The van der Waals surface area contributed by atoms with Crippen LogP contribution in [-0.4, -0.2) is 14.6 Å². The van der Waals surface area contributed by atoms with Gasteiger partial charge in [0.25, 0.3) is 0 Å². The molecule has 0 bridgehead atoms. The van der Waals surface area contributed by atoms with E-state index in [1.165, 1.54) is 0 Å². The van der Waals surface area contributed by atoms with Crippen LogP contribution in [0.2, 0.25) is 5.02 Å². The molecule has 3 aromatic rings. The van der Waals surface area contributed by atoms with Gasteiger partial charge < -0.3 is 0 Å². The first-order valence-corrected chi connectivity index (χ1v) is 5.70. The number of hydrogen-bond acceptors (Lipinski definition) is 2. The van der Waals surface area contributed by atoms with Crippen molar-refractivity contribution < 1.29 is 0 Å². The number of nitrogens with zero attached hydrogens (tertiary/aromatic N) is 3. The molecule has 2 aromatic heterocycles. The maximum Gasteiger partial charge on any atom is 0.183 e. The van der Waals surface area contributed by atoms with Crippen molar-refractivity contribution in [2.45, 2.75) is 6.92 Å². The molecule has 84 valence electrons. The summed E-state index contributed by atoms with van der Waals surface area (Å²) in [5, 5.41) is 5.07. The van der Waals surface area contributed by atoms with Crippen molar-refractivity contribution in [1.29, 1.82) is 0 Å². The van der Waals surface area contributed by atoms with Gasteiger partial charge in [0.05, 0.1) is 5.02 Å². The summed E-state index contributed by atoms with van der Waals surface area (Å²) < 4.78 is 1.76. The largest absolute Gasteiger partial charge is 0.221 e. The third-order valence-electron chi connectivity index (χ3n) is 2.61. The van der Waals surface area contributed by atoms with Gasteiger partial charge in [-0.25, -0.2) is 9.50 Å². The molecular weight excluding hydrogens is 234 g/mol. The summed E-state index contributed by atoms with van der Waals surface area (Å²) in [7, 11) is 0. The number of halogens is 1.